The van der Waals surface area contributed by atoms with Gasteiger partial charge in [0, 0.05) is 60.0 Å². The highest BCUT2D eigenvalue weighted by molar-refractivity contribution is 6.31. The molecule has 0 radical (unpaired) electrons. The number of nitrogens with two attached hydrogens (primary N) is 3. The smallest absolute Gasteiger partial charge is 0.340 e. The van der Waals surface area contributed by atoms with Crippen LogP contribution in [0.1, 0.15) is 76.9 Å². The van der Waals surface area contributed by atoms with E-state index < -0.39 is 5.97 Å². The summed E-state index contributed by atoms with van der Waals surface area (Å²) in [6.45, 7) is 9.23. The molecule has 328 valence electrons. The van der Waals surface area contributed by atoms with Crippen LogP contribution in [0.4, 0.5) is 11.6 Å². The molecule has 19 heteroatoms. The minimum absolute atomic E-state index is 0.0666. The first-order valence-electron chi connectivity index (χ1n) is 19.8. The number of halogens is 2. The third kappa shape index (κ3) is 11.5. The maximum absolute atomic E-state index is 12.8. The zero-order chi connectivity index (χ0) is 46.9. The third-order valence-electron chi connectivity index (χ3n) is 10.1. The van der Waals surface area contributed by atoms with Crippen LogP contribution >= 0.6 is 23.2 Å². The van der Waals surface area contributed by atoms with E-state index in [2.05, 4.69) is 35.5 Å². The maximum Gasteiger partial charge on any atom is 0.340 e. The van der Waals surface area contributed by atoms with Crippen molar-refractivity contribution >= 4 is 68.5 Å². The Labute approximate surface area is 383 Å². The van der Waals surface area contributed by atoms with Crippen molar-refractivity contribution in [1.82, 2.24) is 44.8 Å². The Balaban J connectivity index is 0.000000182. The van der Waals surface area contributed by atoms with Gasteiger partial charge in [-0.2, -0.15) is 20.7 Å². The molecule has 8 rings (SSSR count). The van der Waals surface area contributed by atoms with Gasteiger partial charge in [0.1, 0.15) is 29.3 Å². The lowest BCUT2D eigenvalue weighted by Crippen LogP contribution is -2.24. The molecule has 0 bridgehead atoms. The zero-order valence-electron chi connectivity index (χ0n) is 35.6. The van der Waals surface area contributed by atoms with Crippen LogP contribution in [-0.4, -0.2) is 56.5 Å². The molecule has 0 fully saturated rings. The summed E-state index contributed by atoms with van der Waals surface area (Å²) in [5.41, 5.74) is 26.1. The van der Waals surface area contributed by atoms with Crippen molar-refractivity contribution in [2.24, 2.45) is 5.73 Å². The Morgan fingerprint density at radius 1 is 0.708 bits per heavy atom. The number of carboxylic acid groups (broad SMARTS) is 1. The van der Waals surface area contributed by atoms with E-state index in [1.54, 1.807) is 41.5 Å². The number of fused-ring (bicyclic) bond motifs is 2. The van der Waals surface area contributed by atoms with E-state index in [1.165, 1.54) is 10.9 Å². The normalized spacial score (nSPS) is 10.6. The van der Waals surface area contributed by atoms with Crippen LogP contribution < -0.4 is 22.5 Å². The first-order chi connectivity index (χ1) is 31.0. The number of aryl methyl sites for hydroxylation is 4. The highest BCUT2D eigenvalue weighted by Crippen LogP contribution is 2.22. The van der Waals surface area contributed by atoms with Crippen LogP contribution in [-0.2, 0) is 26.2 Å². The van der Waals surface area contributed by atoms with Gasteiger partial charge in [-0.15, -0.1) is 0 Å². The lowest BCUT2D eigenvalue weighted by molar-refractivity contribution is 0.0696. The largest absolute Gasteiger partial charge is 0.478 e. The van der Waals surface area contributed by atoms with Crippen molar-refractivity contribution in [3.05, 3.63) is 163 Å². The summed E-state index contributed by atoms with van der Waals surface area (Å²) in [6, 6.07) is 22.4. The number of nitrogen functional groups attached to an aromatic ring is 2. The number of carbonyl (C=O) groups excluding carboxylic acids is 1. The van der Waals surface area contributed by atoms with Gasteiger partial charge < -0.3 is 27.6 Å². The fourth-order valence-corrected chi connectivity index (χ4v) is 7.32. The summed E-state index contributed by atoms with van der Waals surface area (Å²) in [7, 11) is 0. The molecule has 2 aromatic carbocycles. The fraction of sp³-hybridized carbons (Fsp3) is 0.174. The fourth-order valence-electron chi connectivity index (χ4n) is 6.99. The summed E-state index contributed by atoms with van der Waals surface area (Å²) < 4.78 is 3.01. The molecule has 6 heterocycles. The molecular formula is C46H42Cl2N14O3. The summed E-state index contributed by atoms with van der Waals surface area (Å²) in [4.78, 5) is 40.7. The number of pyridine rings is 4. The highest BCUT2D eigenvalue weighted by Gasteiger charge is 2.18. The van der Waals surface area contributed by atoms with E-state index in [0.717, 1.165) is 66.6 Å². The van der Waals surface area contributed by atoms with Gasteiger partial charge in [0.25, 0.3) is 5.91 Å². The predicted octanol–water partition coefficient (Wildman–Crippen LogP) is 6.97. The lowest BCUT2D eigenvalue weighted by atomic mass is 10.1. The number of amides is 1. The number of aromatic nitrogens is 8. The molecule has 0 unspecified atom stereocenters. The Morgan fingerprint density at radius 2 is 1.17 bits per heavy atom. The first-order valence-corrected chi connectivity index (χ1v) is 20.5. The van der Waals surface area contributed by atoms with Crippen molar-refractivity contribution < 1.29 is 14.7 Å². The molecular weight excluding hydrogens is 868 g/mol. The van der Waals surface area contributed by atoms with E-state index >= 15 is 0 Å². The number of hydrogen-bond donors (Lipinski definition) is 5. The maximum atomic E-state index is 12.8. The summed E-state index contributed by atoms with van der Waals surface area (Å²) in [5, 5.41) is 41.4. The number of nitriles is 2. The van der Waals surface area contributed by atoms with E-state index in [-0.39, 0.29) is 35.0 Å². The van der Waals surface area contributed by atoms with Gasteiger partial charge >= 0.3 is 5.97 Å². The predicted molar refractivity (Wildman–Crippen MR) is 248 cm³/mol. The summed E-state index contributed by atoms with van der Waals surface area (Å²) in [6.07, 6.45) is 6.11. The van der Waals surface area contributed by atoms with Crippen LogP contribution in [0, 0.1) is 50.4 Å². The standard InChI is InChI=1S/C23H20ClN7O.C15H9ClN4O2.C8H13N3/c1-13-5-22(26)29-14(2)18(13)10-28-23(32)19-12-31(30-21(19)8-25)11-15-3-4-20-16(6-15)7-17(24)9-27-20;16-11-4-10-3-9(1-2-13(10)18-6-11)7-20-8-12(15(21)22)14(5-17)19-20;1-5-3-8(10)11-6(2)7(5)4-9/h3-7,9,12H,10-11H2,1-2H3,(H2,26,29)(H,28,32);1-4,6,8H,7H2,(H,21,22);3H,4,9H2,1-2H3,(H2,10,11). The molecule has 0 aliphatic heterocycles. The van der Waals surface area contributed by atoms with Crippen molar-refractivity contribution in [3.63, 3.8) is 0 Å². The van der Waals surface area contributed by atoms with E-state index in [1.807, 2.05) is 82.3 Å². The van der Waals surface area contributed by atoms with Crippen molar-refractivity contribution in [1.29, 1.82) is 10.5 Å². The average molecular weight is 910 g/mol. The van der Waals surface area contributed by atoms with Gasteiger partial charge in [0.15, 0.2) is 11.4 Å². The monoisotopic (exact) mass is 908 g/mol. The van der Waals surface area contributed by atoms with Crippen LogP contribution in [0.15, 0.2) is 85.5 Å². The molecule has 0 atom stereocenters. The van der Waals surface area contributed by atoms with Gasteiger partial charge in [-0.3, -0.25) is 24.1 Å². The number of hydrogen-bond acceptors (Lipinski definition) is 13. The van der Waals surface area contributed by atoms with Crippen LogP contribution in [0.3, 0.4) is 0 Å². The number of nitrogens with zero attached hydrogens (tertiary/aromatic N) is 10. The molecule has 17 nitrogen and oxygen atoms in total. The van der Waals surface area contributed by atoms with Crippen molar-refractivity contribution in [2.75, 3.05) is 11.5 Å². The quantitative estimate of drug-likeness (QED) is 0.0978. The Morgan fingerprint density at radius 3 is 1.60 bits per heavy atom. The van der Waals surface area contributed by atoms with E-state index in [9.17, 15) is 14.9 Å². The topological polar surface area (TPSA) is 279 Å². The second-order valence-corrected chi connectivity index (χ2v) is 15.7. The molecule has 0 saturated heterocycles. The first kappa shape index (κ1) is 46.5. The van der Waals surface area contributed by atoms with Gasteiger partial charge in [-0.25, -0.2) is 14.8 Å². The number of aromatic carboxylic acids is 1. The number of benzene rings is 2. The molecule has 65 heavy (non-hydrogen) atoms. The second kappa shape index (κ2) is 20.5. The van der Waals surface area contributed by atoms with E-state index in [4.69, 9.17) is 50.8 Å². The molecule has 0 aliphatic carbocycles. The average Bonchev–Trinajstić information content (AvgIpc) is 3.87. The molecule has 0 saturated carbocycles. The van der Waals surface area contributed by atoms with Gasteiger partial charge in [-0.05, 0) is 110 Å². The number of anilines is 2. The van der Waals surface area contributed by atoms with Gasteiger partial charge in [0.2, 0.25) is 0 Å². The number of rotatable bonds is 9. The van der Waals surface area contributed by atoms with Crippen LogP contribution in [0.5, 0.6) is 0 Å². The minimum Gasteiger partial charge on any atom is -0.478 e. The number of carbonyl (C=O) groups is 2. The van der Waals surface area contributed by atoms with E-state index in [0.29, 0.717) is 41.3 Å². The van der Waals surface area contributed by atoms with Crippen LogP contribution in [0.25, 0.3) is 21.8 Å². The van der Waals surface area contributed by atoms with Gasteiger partial charge in [0.05, 0.1) is 39.7 Å². The molecule has 1 amide bonds. The molecule has 6 aromatic heterocycles. The highest BCUT2D eigenvalue weighted by atomic mass is 35.5. The molecule has 0 spiro atoms. The Hall–Kier alpha value is -7.96. The zero-order valence-corrected chi connectivity index (χ0v) is 37.1. The summed E-state index contributed by atoms with van der Waals surface area (Å²) in [5.74, 6) is -0.540. The van der Waals surface area contributed by atoms with Crippen molar-refractivity contribution in [2.45, 2.75) is 53.9 Å². The summed E-state index contributed by atoms with van der Waals surface area (Å²) >= 11 is 12.0. The molecule has 8 aromatic rings. The molecule has 0 aliphatic rings. The minimum atomic E-state index is -1.17. The molecule has 8 N–H and O–H groups in total. The number of carboxylic acids is 1. The van der Waals surface area contributed by atoms with Gasteiger partial charge in [-0.1, -0.05) is 35.3 Å². The Bertz CT molecular complexity index is 3140. The Kier molecular flexibility index (Phi) is 14.7. The number of nitrogens with one attached hydrogen (secondary N) is 1. The van der Waals surface area contributed by atoms with Crippen LogP contribution in [0.2, 0.25) is 10.0 Å². The second-order valence-electron chi connectivity index (χ2n) is 14.8. The van der Waals surface area contributed by atoms with Crippen molar-refractivity contribution in [3.8, 4) is 12.1 Å². The third-order valence-corrected chi connectivity index (χ3v) is 10.5. The lowest BCUT2D eigenvalue weighted by Gasteiger charge is -2.11. The SMILES string of the molecule is Cc1cc(N)nc(C)c1CN.Cc1cc(N)nc(C)c1CNC(=O)c1cn(Cc2ccc3ncc(Cl)cc3c2)nc1C#N.N#Cc1nn(Cc2ccc3ncc(Cl)cc3c2)cc1C(=O)O.